The van der Waals surface area contributed by atoms with E-state index in [4.69, 9.17) is 14.7 Å². The highest BCUT2D eigenvalue weighted by Crippen LogP contribution is 2.29. The van der Waals surface area contributed by atoms with Gasteiger partial charge in [0, 0.05) is 38.3 Å². The largest absolute Gasteiger partial charge is 0.379 e. The molecule has 13 heteroatoms. The van der Waals surface area contributed by atoms with Crippen molar-refractivity contribution < 1.29 is 17.9 Å². The summed E-state index contributed by atoms with van der Waals surface area (Å²) in [7, 11) is -3.60. The Bertz CT molecular complexity index is 1350. The number of ether oxygens (including phenoxy) is 1. The van der Waals surface area contributed by atoms with Gasteiger partial charge in [0.2, 0.25) is 10.0 Å². The molecule has 0 bridgehead atoms. The lowest BCUT2D eigenvalue weighted by Crippen LogP contribution is -2.40. The van der Waals surface area contributed by atoms with E-state index in [9.17, 15) is 13.2 Å². The molecule has 0 aliphatic carbocycles. The van der Waals surface area contributed by atoms with Gasteiger partial charge in [0.25, 0.3) is 5.91 Å². The number of hydrogen-bond acceptors (Lipinski definition) is 9. The third-order valence-electron chi connectivity index (χ3n) is 6.47. The van der Waals surface area contributed by atoms with Gasteiger partial charge in [-0.15, -0.1) is 0 Å². The fourth-order valence-corrected chi connectivity index (χ4v) is 6.51. The van der Waals surface area contributed by atoms with E-state index in [2.05, 4.69) is 22.2 Å². The molecule has 0 spiro atoms. The molecule has 4 heterocycles. The van der Waals surface area contributed by atoms with Gasteiger partial charge in [-0.1, -0.05) is 18.7 Å². The van der Waals surface area contributed by atoms with Crippen molar-refractivity contribution in [1.82, 2.24) is 29.4 Å². The molecule has 2 aromatic heterocycles. The predicted molar refractivity (Wildman–Crippen MR) is 142 cm³/mol. The van der Waals surface area contributed by atoms with Crippen LogP contribution in [0, 0.1) is 0 Å². The molecule has 11 nitrogen and oxygen atoms in total. The molecule has 0 saturated carbocycles. The molecule has 2 fully saturated rings. The van der Waals surface area contributed by atoms with E-state index < -0.39 is 10.0 Å². The Hall–Kier alpha value is -2.74. The van der Waals surface area contributed by atoms with Crippen LogP contribution in [0.1, 0.15) is 30.1 Å². The van der Waals surface area contributed by atoms with Crippen LogP contribution < -0.4 is 10.2 Å². The van der Waals surface area contributed by atoms with Crippen LogP contribution in [0.2, 0.25) is 0 Å². The summed E-state index contributed by atoms with van der Waals surface area (Å²) in [6.07, 6.45) is 4.11. The molecule has 2 aliphatic heterocycles. The van der Waals surface area contributed by atoms with Crippen LogP contribution in [-0.2, 0) is 21.3 Å². The molecule has 198 valence electrons. The molecule has 0 atom stereocenters. The van der Waals surface area contributed by atoms with Crippen LogP contribution in [0.4, 0.5) is 5.82 Å². The van der Waals surface area contributed by atoms with Crippen molar-refractivity contribution in [3.8, 4) is 0 Å². The van der Waals surface area contributed by atoms with Crippen molar-refractivity contribution in [3.63, 3.8) is 0 Å². The molecule has 37 heavy (non-hydrogen) atoms. The second kappa shape index (κ2) is 11.3. The minimum atomic E-state index is -3.60. The number of amides is 1. The first-order valence-corrected chi connectivity index (χ1v) is 15.0. The molecule has 1 amide bonds. The first-order valence-electron chi connectivity index (χ1n) is 12.5. The summed E-state index contributed by atoms with van der Waals surface area (Å²) >= 11 is 1.60. The van der Waals surface area contributed by atoms with Gasteiger partial charge in [0.1, 0.15) is 5.82 Å². The first-order chi connectivity index (χ1) is 18.0. The predicted octanol–water partition coefficient (Wildman–Crippen LogP) is 1.99. The number of rotatable bonds is 9. The number of nitrogens with one attached hydrogen (secondary N) is 1. The fraction of sp³-hybridized carbons (Fsp3) is 0.500. The van der Waals surface area contributed by atoms with Crippen LogP contribution in [0.15, 0.2) is 40.5 Å². The van der Waals surface area contributed by atoms with Gasteiger partial charge < -0.3 is 15.0 Å². The first kappa shape index (κ1) is 25.9. The molecule has 1 N–H and O–H groups in total. The quantitative estimate of drug-likeness (QED) is 0.318. The highest BCUT2D eigenvalue weighted by atomic mass is 32.2. The lowest BCUT2D eigenvalue weighted by atomic mass is 10.2. The molecular formula is C24H31N7O4S2. The second-order valence-electron chi connectivity index (χ2n) is 8.86. The van der Waals surface area contributed by atoms with Crippen molar-refractivity contribution in [2.75, 3.05) is 56.6 Å². The second-order valence-corrected chi connectivity index (χ2v) is 12.0. The Balaban J connectivity index is 1.24. The van der Waals surface area contributed by atoms with Crippen molar-refractivity contribution in [1.29, 1.82) is 0 Å². The van der Waals surface area contributed by atoms with Gasteiger partial charge in [-0.3, -0.25) is 4.79 Å². The molecule has 2 saturated heterocycles. The zero-order valence-electron chi connectivity index (χ0n) is 20.8. The topological polar surface area (TPSA) is 123 Å². The van der Waals surface area contributed by atoms with Crippen LogP contribution in [-0.4, -0.2) is 90.1 Å². The maximum Gasteiger partial charge on any atom is 0.251 e. The molecule has 0 radical (unpaired) electrons. The van der Waals surface area contributed by atoms with E-state index in [1.54, 1.807) is 22.6 Å². The average Bonchev–Trinajstić information content (AvgIpc) is 3.60. The van der Waals surface area contributed by atoms with E-state index in [-0.39, 0.29) is 10.8 Å². The minimum absolute atomic E-state index is 0.170. The number of anilines is 1. The van der Waals surface area contributed by atoms with Crippen LogP contribution in [0.5, 0.6) is 0 Å². The summed E-state index contributed by atoms with van der Waals surface area (Å²) in [6.45, 7) is 6.27. The average molecular weight is 546 g/mol. The van der Waals surface area contributed by atoms with Gasteiger partial charge >= 0.3 is 0 Å². The molecule has 1 aromatic carbocycles. The Labute approximate surface area is 220 Å². The van der Waals surface area contributed by atoms with E-state index in [1.807, 2.05) is 0 Å². The summed E-state index contributed by atoms with van der Waals surface area (Å²) in [5.74, 6) is 1.53. The summed E-state index contributed by atoms with van der Waals surface area (Å²) in [4.78, 5) is 24.7. The number of carbonyl (C=O) groups excluding carboxylic acids is 1. The van der Waals surface area contributed by atoms with Crippen LogP contribution >= 0.6 is 11.8 Å². The highest BCUT2D eigenvalue weighted by Gasteiger charge is 2.26. The molecule has 5 rings (SSSR count). The third kappa shape index (κ3) is 5.59. The van der Waals surface area contributed by atoms with E-state index in [1.165, 1.54) is 28.6 Å². The van der Waals surface area contributed by atoms with E-state index in [0.29, 0.717) is 45.0 Å². The number of fused-ring (bicyclic) bond motifs is 1. The summed E-state index contributed by atoms with van der Waals surface area (Å²) in [6, 6.07) is 6.03. The maximum absolute atomic E-state index is 12.8. The molecule has 2 aliphatic rings. The lowest BCUT2D eigenvalue weighted by Gasteiger charge is -2.26. The molecular weight excluding hydrogens is 514 g/mol. The maximum atomic E-state index is 12.8. The van der Waals surface area contributed by atoms with E-state index in [0.717, 1.165) is 53.7 Å². The normalized spacial score (nSPS) is 16.9. The van der Waals surface area contributed by atoms with Crippen LogP contribution in [0.3, 0.4) is 0 Å². The van der Waals surface area contributed by atoms with Gasteiger partial charge in [-0.05, 0) is 42.9 Å². The zero-order valence-corrected chi connectivity index (χ0v) is 22.4. The lowest BCUT2D eigenvalue weighted by molar-refractivity contribution is 0.0730. The highest BCUT2D eigenvalue weighted by molar-refractivity contribution is 7.99. The van der Waals surface area contributed by atoms with Crippen molar-refractivity contribution in [2.45, 2.75) is 36.4 Å². The number of hydrogen-bond donors (Lipinski definition) is 1. The Morgan fingerprint density at radius 3 is 2.51 bits per heavy atom. The number of thioether (sulfide) groups is 1. The Morgan fingerprint density at radius 2 is 1.81 bits per heavy atom. The Morgan fingerprint density at radius 1 is 1.08 bits per heavy atom. The number of benzene rings is 1. The van der Waals surface area contributed by atoms with Crippen molar-refractivity contribution in [2.24, 2.45) is 0 Å². The van der Waals surface area contributed by atoms with Crippen LogP contribution in [0.25, 0.3) is 11.0 Å². The summed E-state index contributed by atoms with van der Waals surface area (Å²) in [5.41, 5.74) is 1.16. The number of nitrogens with zero attached hydrogens (tertiary/aromatic N) is 6. The van der Waals surface area contributed by atoms with Gasteiger partial charge in [0.05, 0.1) is 36.2 Å². The Kier molecular flexibility index (Phi) is 7.93. The number of sulfonamides is 1. The molecule has 3 aromatic rings. The van der Waals surface area contributed by atoms with Crippen molar-refractivity contribution in [3.05, 3.63) is 36.0 Å². The van der Waals surface area contributed by atoms with Gasteiger partial charge in [-0.2, -0.15) is 9.40 Å². The SMILES string of the molecule is CCSc1nc(N2CCCC2)c2cnn(CCNC(=O)c3ccc(S(=O)(=O)N4CCOCC4)cc3)c2n1. The minimum Gasteiger partial charge on any atom is -0.379 e. The van der Waals surface area contributed by atoms with E-state index >= 15 is 0 Å². The summed E-state index contributed by atoms with van der Waals surface area (Å²) < 4.78 is 34.0. The van der Waals surface area contributed by atoms with Gasteiger partial charge in [-0.25, -0.2) is 23.1 Å². The van der Waals surface area contributed by atoms with Gasteiger partial charge in [0.15, 0.2) is 10.8 Å². The third-order valence-corrected chi connectivity index (χ3v) is 9.11. The smallest absolute Gasteiger partial charge is 0.251 e. The standard InChI is InChI=1S/C24H31N7O4S2/c1-2-36-24-27-21(29-10-3-4-11-29)20-17-26-31(22(20)28-24)12-9-25-23(32)18-5-7-19(8-6-18)37(33,34)30-13-15-35-16-14-30/h5-8,17H,2-4,9-16H2,1H3,(H,25,32). The number of aromatic nitrogens is 4. The monoisotopic (exact) mass is 545 g/mol. The number of morpholine rings is 1. The van der Waals surface area contributed by atoms with Crippen molar-refractivity contribution >= 4 is 44.5 Å². The summed E-state index contributed by atoms with van der Waals surface area (Å²) in [5, 5.41) is 9.08. The fourth-order valence-electron chi connectivity index (χ4n) is 4.54. The molecule has 0 unspecified atom stereocenters. The zero-order chi connectivity index (χ0) is 25.8. The number of carbonyl (C=O) groups is 1.